The molecule has 0 aromatic heterocycles. The molecular weight excluding hydrogens is 218 g/mol. The Morgan fingerprint density at radius 1 is 1.47 bits per heavy atom. The van der Waals surface area contributed by atoms with Gasteiger partial charge in [-0.1, -0.05) is 12.1 Å². The smallest absolute Gasteiger partial charge is 0.164 e. The lowest BCUT2D eigenvalue weighted by atomic mass is 10.1. The molecule has 1 aromatic rings. The van der Waals surface area contributed by atoms with Gasteiger partial charge in [-0.3, -0.25) is 0 Å². The van der Waals surface area contributed by atoms with Gasteiger partial charge in [-0.05, 0) is 24.6 Å². The van der Waals surface area contributed by atoms with E-state index in [0.717, 1.165) is 36.5 Å². The van der Waals surface area contributed by atoms with E-state index in [1.54, 1.807) is 7.11 Å². The molecule has 2 N–H and O–H groups in total. The predicted octanol–water partition coefficient (Wildman–Crippen LogP) is 1.36. The average Bonchev–Trinajstić information content (AvgIpc) is 2.84. The number of hydrogen-bond acceptors (Lipinski definition) is 4. The van der Waals surface area contributed by atoms with Gasteiger partial charge >= 0.3 is 0 Å². The van der Waals surface area contributed by atoms with Crippen LogP contribution in [0.3, 0.4) is 0 Å². The largest absolute Gasteiger partial charge is 0.493 e. The Labute approximate surface area is 102 Å². The average molecular weight is 237 g/mol. The van der Waals surface area contributed by atoms with Crippen LogP contribution in [0.15, 0.2) is 18.2 Å². The molecule has 0 aliphatic carbocycles. The third-order valence-electron chi connectivity index (χ3n) is 2.87. The van der Waals surface area contributed by atoms with Crippen molar-refractivity contribution in [2.24, 2.45) is 5.73 Å². The van der Waals surface area contributed by atoms with Gasteiger partial charge in [-0.2, -0.15) is 0 Å². The summed E-state index contributed by atoms with van der Waals surface area (Å²) in [5.74, 6) is 1.58. The molecule has 17 heavy (non-hydrogen) atoms. The zero-order valence-corrected chi connectivity index (χ0v) is 10.1. The fourth-order valence-corrected chi connectivity index (χ4v) is 1.98. The standard InChI is InChI=1S/C13H19NO3/c1-15-12-4-2-3-10(5-7-14)13(12)17-11-6-8-16-9-11/h2-4,11H,5-9,14H2,1H3. The Balaban J connectivity index is 2.20. The second-order valence-electron chi connectivity index (χ2n) is 4.09. The van der Waals surface area contributed by atoms with Crippen molar-refractivity contribution in [2.45, 2.75) is 18.9 Å². The van der Waals surface area contributed by atoms with E-state index in [1.165, 1.54) is 0 Å². The van der Waals surface area contributed by atoms with Crippen molar-refractivity contribution in [1.29, 1.82) is 0 Å². The van der Waals surface area contributed by atoms with Crippen molar-refractivity contribution >= 4 is 0 Å². The molecule has 0 saturated carbocycles. The van der Waals surface area contributed by atoms with E-state index >= 15 is 0 Å². The van der Waals surface area contributed by atoms with E-state index in [0.29, 0.717) is 13.2 Å². The molecular formula is C13H19NO3. The third kappa shape index (κ3) is 2.90. The summed E-state index contributed by atoms with van der Waals surface area (Å²) in [7, 11) is 1.65. The summed E-state index contributed by atoms with van der Waals surface area (Å²) in [6, 6.07) is 5.90. The minimum absolute atomic E-state index is 0.128. The number of rotatable bonds is 5. The number of nitrogens with two attached hydrogens (primary N) is 1. The van der Waals surface area contributed by atoms with Crippen LogP contribution >= 0.6 is 0 Å². The molecule has 0 radical (unpaired) electrons. The first-order chi connectivity index (χ1) is 8.35. The van der Waals surface area contributed by atoms with E-state index in [9.17, 15) is 0 Å². The lowest BCUT2D eigenvalue weighted by Gasteiger charge is -2.18. The third-order valence-corrected chi connectivity index (χ3v) is 2.87. The zero-order valence-electron chi connectivity index (χ0n) is 10.1. The molecule has 4 nitrogen and oxygen atoms in total. The van der Waals surface area contributed by atoms with Crippen LogP contribution in [0.1, 0.15) is 12.0 Å². The van der Waals surface area contributed by atoms with Gasteiger partial charge < -0.3 is 19.9 Å². The highest BCUT2D eigenvalue weighted by Crippen LogP contribution is 2.33. The molecule has 1 unspecified atom stereocenters. The van der Waals surface area contributed by atoms with E-state index in [2.05, 4.69) is 0 Å². The van der Waals surface area contributed by atoms with Gasteiger partial charge in [0.15, 0.2) is 11.5 Å². The molecule has 1 fully saturated rings. The van der Waals surface area contributed by atoms with Crippen LogP contribution in [0.25, 0.3) is 0 Å². The number of hydrogen-bond donors (Lipinski definition) is 1. The highest BCUT2D eigenvalue weighted by molar-refractivity contribution is 5.47. The summed E-state index contributed by atoms with van der Waals surface area (Å²) in [4.78, 5) is 0. The van der Waals surface area contributed by atoms with Crippen molar-refractivity contribution in [3.63, 3.8) is 0 Å². The maximum atomic E-state index is 5.98. The van der Waals surface area contributed by atoms with E-state index in [-0.39, 0.29) is 6.10 Å². The first-order valence-electron chi connectivity index (χ1n) is 5.95. The Bertz CT molecular complexity index is 362. The minimum atomic E-state index is 0.128. The zero-order chi connectivity index (χ0) is 12.1. The van der Waals surface area contributed by atoms with Crippen LogP contribution in [-0.2, 0) is 11.2 Å². The van der Waals surface area contributed by atoms with Crippen LogP contribution < -0.4 is 15.2 Å². The topological polar surface area (TPSA) is 53.7 Å². The number of methoxy groups -OCH3 is 1. The molecule has 94 valence electrons. The molecule has 0 bridgehead atoms. The normalized spacial score (nSPS) is 19.3. The van der Waals surface area contributed by atoms with Crippen molar-refractivity contribution in [3.8, 4) is 11.5 Å². The molecule has 1 saturated heterocycles. The Hall–Kier alpha value is -1.26. The van der Waals surface area contributed by atoms with Gasteiger partial charge in [0, 0.05) is 6.42 Å². The molecule has 1 aliphatic heterocycles. The van der Waals surface area contributed by atoms with Crippen LogP contribution in [0.4, 0.5) is 0 Å². The highest BCUT2D eigenvalue weighted by atomic mass is 16.6. The fourth-order valence-electron chi connectivity index (χ4n) is 1.98. The van der Waals surface area contributed by atoms with Gasteiger partial charge in [0.05, 0.1) is 20.3 Å². The lowest BCUT2D eigenvalue weighted by Crippen LogP contribution is -2.17. The predicted molar refractivity (Wildman–Crippen MR) is 65.6 cm³/mol. The van der Waals surface area contributed by atoms with Crippen molar-refractivity contribution in [2.75, 3.05) is 26.9 Å². The molecule has 4 heteroatoms. The van der Waals surface area contributed by atoms with Gasteiger partial charge in [-0.15, -0.1) is 0 Å². The van der Waals surface area contributed by atoms with Crippen molar-refractivity contribution < 1.29 is 14.2 Å². The van der Waals surface area contributed by atoms with Crippen molar-refractivity contribution in [3.05, 3.63) is 23.8 Å². The number of benzene rings is 1. The highest BCUT2D eigenvalue weighted by Gasteiger charge is 2.20. The molecule has 1 atom stereocenters. The maximum absolute atomic E-state index is 5.98. The van der Waals surface area contributed by atoms with E-state index in [4.69, 9.17) is 19.9 Å². The molecule has 0 amide bonds. The lowest BCUT2D eigenvalue weighted by molar-refractivity contribution is 0.138. The van der Waals surface area contributed by atoms with E-state index < -0.39 is 0 Å². The van der Waals surface area contributed by atoms with Crippen LogP contribution in [-0.4, -0.2) is 33.0 Å². The van der Waals surface area contributed by atoms with Crippen LogP contribution in [0.5, 0.6) is 11.5 Å². The first kappa shape index (κ1) is 12.2. The summed E-state index contributed by atoms with van der Waals surface area (Å²) in [6.07, 6.45) is 1.85. The van der Waals surface area contributed by atoms with Gasteiger partial charge in [0.1, 0.15) is 6.10 Å². The number of para-hydroxylation sites is 1. The Morgan fingerprint density at radius 2 is 2.35 bits per heavy atom. The Kier molecular flexibility index (Phi) is 4.23. The molecule has 1 aromatic carbocycles. The van der Waals surface area contributed by atoms with Crippen LogP contribution in [0, 0.1) is 0 Å². The first-order valence-corrected chi connectivity index (χ1v) is 5.95. The summed E-state index contributed by atoms with van der Waals surface area (Å²) >= 11 is 0. The summed E-state index contributed by atoms with van der Waals surface area (Å²) in [6.45, 7) is 2.02. The maximum Gasteiger partial charge on any atom is 0.164 e. The SMILES string of the molecule is COc1cccc(CCN)c1OC1CCOC1. The Morgan fingerprint density at radius 3 is 3.00 bits per heavy atom. The second kappa shape index (κ2) is 5.89. The quantitative estimate of drug-likeness (QED) is 0.840. The summed E-state index contributed by atoms with van der Waals surface area (Å²) in [5.41, 5.74) is 6.70. The molecule has 1 aliphatic rings. The molecule has 1 heterocycles. The number of ether oxygens (including phenoxy) is 3. The minimum Gasteiger partial charge on any atom is -0.493 e. The van der Waals surface area contributed by atoms with Gasteiger partial charge in [-0.25, -0.2) is 0 Å². The fraction of sp³-hybridized carbons (Fsp3) is 0.538. The van der Waals surface area contributed by atoms with Crippen molar-refractivity contribution in [1.82, 2.24) is 0 Å². The second-order valence-corrected chi connectivity index (χ2v) is 4.09. The van der Waals surface area contributed by atoms with E-state index in [1.807, 2.05) is 18.2 Å². The van der Waals surface area contributed by atoms with Gasteiger partial charge in [0.25, 0.3) is 0 Å². The van der Waals surface area contributed by atoms with Gasteiger partial charge in [0.2, 0.25) is 0 Å². The van der Waals surface area contributed by atoms with Crippen LogP contribution in [0.2, 0.25) is 0 Å². The molecule has 2 rings (SSSR count). The monoisotopic (exact) mass is 237 g/mol. The summed E-state index contributed by atoms with van der Waals surface area (Å²) in [5, 5.41) is 0. The summed E-state index contributed by atoms with van der Waals surface area (Å²) < 4.78 is 16.6. The molecule has 0 spiro atoms.